The van der Waals surface area contributed by atoms with Crippen molar-refractivity contribution in [3.05, 3.63) is 35.1 Å². The van der Waals surface area contributed by atoms with Crippen LogP contribution < -0.4 is 5.32 Å². The number of ether oxygens (including phenoxy) is 1. The van der Waals surface area contributed by atoms with Crippen LogP contribution in [0.5, 0.6) is 0 Å². The summed E-state index contributed by atoms with van der Waals surface area (Å²) in [6.07, 6.45) is 0. The lowest BCUT2D eigenvalue weighted by Gasteiger charge is -2.15. The fourth-order valence-corrected chi connectivity index (χ4v) is 1.74. The fourth-order valence-electron chi connectivity index (χ4n) is 1.39. The molecule has 0 aliphatic rings. The average molecular weight is 304 g/mol. The molecule has 0 saturated heterocycles. The number of rotatable bonds is 5. The molecule has 0 bridgehead atoms. The number of carbonyl (C=O) groups is 1. The highest BCUT2D eigenvalue weighted by Gasteiger charge is 2.15. The molecule has 0 saturated carbocycles. The molecule has 17 heavy (non-hydrogen) atoms. The average Bonchev–Trinajstić information content (AvgIpc) is 2.28. The highest BCUT2D eigenvalue weighted by molar-refractivity contribution is 9.09. The summed E-state index contributed by atoms with van der Waals surface area (Å²) in [6.45, 7) is 2.15. The summed E-state index contributed by atoms with van der Waals surface area (Å²) >= 11 is 3.26. The van der Waals surface area contributed by atoms with Gasteiger partial charge in [0.05, 0.1) is 18.2 Å². The maximum Gasteiger partial charge on any atom is 0.254 e. The molecule has 5 heteroatoms. The summed E-state index contributed by atoms with van der Waals surface area (Å²) in [5.74, 6) is -0.933. The lowest BCUT2D eigenvalue weighted by Crippen LogP contribution is -2.39. The van der Waals surface area contributed by atoms with Crippen LogP contribution in [-0.4, -0.2) is 31.0 Å². The normalized spacial score (nSPS) is 12.2. The van der Waals surface area contributed by atoms with Crippen LogP contribution in [0.2, 0.25) is 0 Å². The van der Waals surface area contributed by atoms with Crippen molar-refractivity contribution in [1.82, 2.24) is 5.32 Å². The van der Waals surface area contributed by atoms with Gasteiger partial charge in [-0.3, -0.25) is 4.79 Å². The van der Waals surface area contributed by atoms with Gasteiger partial charge in [-0.2, -0.15) is 0 Å². The van der Waals surface area contributed by atoms with E-state index in [1.54, 1.807) is 20.1 Å². The van der Waals surface area contributed by atoms with Gasteiger partial charge < -0.3 is 10.1 Å². The van der Waals surface area contributed by atoms with Gasteiger partial charge >= 0.3 is 0 Å². The van der Waals surface area contributed by atoms with E-state index in [1.165, 1.54) is 12.1 Å². The molecule has 1 aromatic carbocycles. The molecule has 94 valence electrons. The molecule has 1 unspecified atom stereocenters. The van der Waals surface area contributed by atoms with Gasteiger partial charge in [0.2, 0.25) is 0 Å². The number of benzene rings is 1. The zero-order valence-electron chi connectivity index (χ0n) is 9.80. The van der Waals surface area contributed by atoms with Crippen molar-refractivity contribution in [3.63, 3.8) is 0 Å². The minimum atomic E-state index is -0.506. The van der Waals surface area contributed by atoms with Crippen molar-refractivity contribution in [1.29, 1.82) is 0 Å². The van der Waals surface area contributed by atoms with E-state index in [0.717, 1.165) is 5.56 Å². The summed E-state index contributed by atoms with van der Waals surface area (Å²) in [6, 6.07) is 4.36. The Balaban J connectivity index is 2.75. The molecule has 0 aromatic heterocycles. The number of halogens is 2. The first-order valence-corrected chi connectivity index (χ1v) is 6.32. The Labute approximate surface area is 108 Å². The lowest BCUT2D eigenvalue weighted by molar-refractivity contribution is 0.0904. The van der Waals surface area contributed by atoms with Crippen molar-refractivity contribution >= 4 is 21.8 Å². The van der Waals surface area contributed by atoms with Crippen LogP contribution in [0.4, 0.5) is 4.39 Å². The van der Waals surface area contributed by atoms with Gasteiger partial charge in [0.1, 0.15) is 5.82 Å². The largest absolute Gasteiger partial charge is 0.383 e. The van der Waals surface area contributed by atoms with Gasteiger partial charge in [-0.15, -0.1) is 0 Å². The second kappa shape index (κ2) is 6.71. The molecule has 1 N–H and O–H groups in total. The third-order valence-corrected chi connectivity index (χ3v) is 3.04. The van der Waals surface area contributed by atoms with E-state index in [1.807, 2.05) is 0 Å². The molecule has 0 fully saturated rings. The smallest absolute Gasteiger partial charge is 0.254 e. The van der Waals surface area contributed by atoms with Crippen molar-refractivity contribution in [2.24, 2.45) is 0 Å². The molecule has 1 rings (SSSR count). The Morgan fingerprint density at radius 2 is 2.29 bits per heavy atom. The monoisotopic (exact) mass is 303 g/mol. The van der Waals surface area contributed by atoms with E-state index in [2.05, 4.69) is 21.2 Å². The van der Waals surface area contributed by atoms with Gasteiger partial charge in [-0.1, -0.05) is 22.0 Å². The number of alkyl halides is 1. The number of aryl methyl sites for hydroxylation is 1. The second-order valence-corrected chi connectivity index (χ2v) is 4.41. The third kappa shape index (κ3) is 4.09. The Bertz CT molecular complexity index is 398. The summed E-state index contributed by atoms with van der Waals surface area (Å²) in [7, 11) is 1.55. The van der Waals surface area contributed by atoms with Crippen LogP contribution in [0, 0.1) is 12.7 Å². The Kier molecular flexibility index (Phi) is 5.58. The summed E-state index contributed by atoms with van der Waals surface area (Å²) in [5.41, 5.74) is 0.839. The molecular weight excluding hydrogens is 289 g/mol. The van der Waals surface area contributed by atoms with E-state index >= 15 is 0 Å². The summed E-state index contributed by atoms with van der Waals surface area (Å²) in [4.78, 5) is 11.8. The van der Waals surface area contributed by atoms with Crippen LogP contribution in [0.25, 0.3) is 0 Å². The quantitative estimate of drug-likeness (QED) is 0.848. The van der Waals surface area contributed by atoms with Crippen molar-refractivity contribution in [2.75, 3.05) is 19.0 Å². The molecule has 0 heterocycles. The van der Waals surface area contributed by atoms with Gasteiger partial charge in [-0.25, -0.2) is 4.39 Å². The molecule has 1 atom stereocenters. The lowest BCUT2D eigenvalue weighted by atomic mass is 10.1. The topological polar surface area (TPSA) is 38.3 Å². The number of nitrogens with one attached hydrogen (secondary N) is 1. The number of carbonyl (C=O) groups excluding carboxylic acids is 1. The standard InChI is InChI=1S/C12H15BrFNO2/c1-8-3-4-10(11(14)5-8)12(16)15-9(6-13)7-17-2/h3-5,9H,6-7H2,1-2H3,(H,15,16). The predicted molar refractivity (Wildman–Crippen MR) is 68.1 cm³/mol. The number of hydrogen-bond donors (Lipinski definition) is 1. The molecule has 1 aromatic rings. The van der Waals surface area contributed by atoms with Crippen molar-refractivity contribution < 1.29 is 13.9 Å². The first kappa shape index (κ1) is 14.1. The number of hydrogen-bond acceptors (Lipinski definition) is 2. The predicted octanol–water partition coefficient (Wildman–Crippen LogP) is 2.27. The Morgan fingerprint density at radius 1 is 1.59 bits per heavy atom. The van der Waals surface area contributed by atoms with Crippen LogP contribution >= 0.6 is 15.9 Å². The molecule has 0 radical (unpaired) electrons. The fraction of sp³-hybridized carbons (Fsp3) is 0.417. The maximum absolute atomic E-state index is 13.5. The maximum atomic E-state index is 13.5. The molecule has 1 amide bonds. The molecule has 0 aliphatic carbocycles. The Morgan fingerprint density at radius 3 is 2.82 bits per heavy atom. The highest BCUT2D eigenvalue weighted by Crippen LogP contribution is 2.10. The van der Waals surface area contributed by atoms with Gasteiger partial charge in [-0.05, 0) is 24.6 Å². The van der Waals surface area contributed by atoms with E-state index in [-0.39, 0.29) is 11.6 Å². The molecule has 0 aliphatic heterocycles. The first-order valence-electron chi connectivity index (χ1n) is 5.20. The molecule has 3 nitrogen and oxygen atoms in total. The van der Waals surface area contributed by atoms with Crippen molar-refractivity contribution in [2.45, 2.75) is 13.0 Å². The van der Waals surface area contributed by atoms with E-state index < -0.39 is 11.7 Å². The van der Waals surface area contributed by atoms with E-state index in [9.17, 15) is 9.18 Å². The highest BCUT2D eigenvalue weighted by atomic mass is 79.9. The minimum Gasteiger partial charge on any atom is -0.383 e. The van der Waals surface area contributed by atoms with Crippen LogP contribution in [0.15, 0.2) is 18.2 Å². The summed E-state index contributed by atoms with van der Waals surface area (Å²) < 4.78 is 18.5. The molecular formula is C12H15BrFNO2. The Hall–Kier alpha value is -0.940. The molecule has 0 spiro atoms. The summed E-state index contributed by atoms with van der Waals surface area (Å²) in [5, 5.41) is 3.25. The van der Waals surface area contributed by atoms with Crippen LogP contribution in [0.3, 0.4) is 0 Å². The van der Waals surface area contributed by atoms with E-state index in [0.29, 0.717) is 11.9 Å². The van der Waals surface area contributed by atoms with Crippen LogP contribution in [0.1, 0.15) is 15.9 Å². The second-order valence-electron chi connectivity index (χ2n) is 3.76. The zero-order chi connectivity index (χ0) is 12.8. The van der Waals surface area contributed by atoms with Gasteiger partial charge in [0.15, 0.2) is 0 Å². The third-order valence-electron chi connectivity index (χ3n) is 2.26. The SMILES string of the molecule is COCC(CBr)NC(=O)c1ccc(C)cc1F. The van der Waals surface area contributed by atoms with Gasteiger partial charge in [0.25, 0.3) is 5.91 Å². The number of methoxy groups -OCH3 is 1. The first-order chi connectivity index (χ1) is 8.08. The van der Waals surface area contributed by atoms with Crippen molar-refractivity contribution in [3.8, 4) is 0 Å². The van der Waals surface area contributed by atoms with E-state index in [4.69, 9.17) is 4.74 Å². The van der Waals surface area contributed by atoms with Crippen LogP contribution in [-0.2, 0) is 4.74 Å². The minimum absolute atomic E-state index is 0.0534. The zero-order valence-corrected chi connectivity index (χ0v) is 11.4. The van der Waals surface area contributed by atoms with Gasteiger partial charge in [0, 0.05) is 12.4 Å². The number of amides is 1.